The molecule has 48 heavy (non-hydrogen) atoms. The zero-order valence-electron chi connectivity index (χ0n) is 25.2. The van der Waals surface area contributed by atoms with Gasteiger partial charge in [0.05, 0.1) is 38.5 Å². The number of nitrogens with two attached hydrogens (primary N) is 1. The maximum Gasteiger partial charge on any atom is 0.319 e. The molecule has 3 N–H and O–H groups in total. The van der Waals surface area contributed by atoms with E-state index in [1.165, 1.54) is 13.0 Å². The summed E-state index contributed by atoms with van der Waals surface area (Å²) in [6, 6.07) is 2.79. The van der Waals surface area contributed by atoms with Crippen molar-refractivity contribution in [3.8, 4) is 29.0 Å². The summed E-state index contributed by atoms with van der Waals surface area (Å²) in [4.78, 5) is 11.9. The first-order valence-electron chi connectivity index (χ1n) is 15.0. The van der Waals surface area contributed by atoms with Gasteiger partial charge in [-0.15, -0.1) is 11.3 Å². The maximum atomic E-state index is 17.1. The number of thiophene rings is 1. The number of hydrogen-bond donors (Lipinski definition) is 2. The number of fused-ring (bicyclic) bond motifs is 2. The molecule has 3 atom stereocenters. The lowest BCUT2D eigenvalue weighted by Crippen LogP contribution is -2.46. The Labute approximate surface area is 279 Å². The first-order chi connectivity index (χ1) is 23.0. The molecule has 0 aliphatic carbocycles. The normalized spacial score (nSPS) is 22.7. The maximum absolute atomic E-state index is 17.1. The molecule has 0 amide bonds. The molecule has 1 unspecified atom stereocenters. The van der Waals surface area contributed by atoms with Gasteiger partial charge in [0.15, 0.2) is 11.6 Å². The summed E-state index contributed by atoms with van der Waals surface area (Å²) in [6.07, 6.45) is -2.28. The number of nitrogen functional groups attached to an aromatic ring is 1. The summed E-state index contributed by atoms with van der Waals surface area (Å²) in [5.41, 5.74) is 4.59. The predicted molar refractivity (Wildman–Crippen MR) is 170 cm³/mol. The fourth-order valence-corrected chi connectivity index (χ4v) is 8.49. The van der Waals surface area contributed by atoms with Crippen molar-refractivity contribution in [3.05, 3.63) is 34.4 Å². The smallest absolute Gasteiger partial charge is 0.319 e. The van der Waals surface area contributed by atoms with Crippen LogP contribution >= 0.6 is 22.9 Å². The molecule has 0 spiro atoms. The molecule has 5 heterocycles. The molecule has 2 fully saturated rings. The highest BCUT2D eigenvalue weighted by Gasteiger charge is 2.49. The summed E-state index contributed by atoms with van der Waals surface area (Å²) in [5, 5.41) is 22.3. The molecule has 2 aromatic heterocycles. The number of anilines is 2. The summed E-state index contributed by atoms with van der Waals surface area (Å²) in [7, 11) is 0. The van der Waals surface area contributed by atoms with Crippen LogP contribution in [-0.2, 0) is 0 Å². The molecule has 252 valence electrons. The SMILES string of the molecule is CC(=NO)C1COc2c(Cl)c(-c3ccc(F)c4sc(N)c(C#N)c34)c(F)c3nc(OC[C@@]45CCCN4C[C@H](F)C5)nc(c23)N1CC(F)F. The Morgan fingerprint density at radius 2 is 2.12 bits per heavy atom. The van der Waals surface area contributed by atoms with Gasteiger partial charge in [-0.05, 0) is 37.9 Å². The van der Waals surface area contributed by atoms with Gasteiger partial charge < -0.3 is 25.3 Å². The Bertz CT molecular complexity index is 2040. The van der Waals surface area contributed by atoms with E-state index in [1.807, 2.05) is 11.0 Å². The number of benzene rings is 2. The van der Waals surface area contributed by atoms with Crippen molar-refractivity contribution in [1.82, 2.24) is 14.9 Å². The Morgan fingerprint density at radius 3 is 2.85 bits per heavy atom. The minimum Gasteiger partial charge on any atom is -0.489 e. The molecular formula is C31H27ClF5N7O3S. The molecule has 3 aliphatic rings. The topological polar surface area (TPSA) is 133 Å². The summed E-state index contributed by atoms with van der Waals surface area (Å²) in [6.45, 7) is 0.978. The van der Waals surface area contributed by atoms with E-state index in [-0.39, 0.29) is 91.7 Å². The highest BCUT2D eigenvalue weighted by Crippen LogP contribution is 2.51. The lowest BCUT2D eigenvalue weighted by Gasteiger charge is -2.32. The van der Waals surface area contributed by atoms with Gasteiger partial charge in [0.1, 0.15) is 53.6 Å². The average molecular weight is 708 g/mol. The molecule has 2 aromatic carbocycles. The molecule has 7 rings (SSSR count). The number of aromatic nitrogens is 2. The molecule has 0 bridgehead atoms. The van der Waals surface area contributed by atoms with Crippen molar-refractivity contribution in [1.29, 1.82) is 5.26 Å². The summed E-state index contributed by atoms with van der Waals surface area (Å²) < 4.78 is 86.8. The lowest BCUT2D eigenvalue weighted by molar-refractivity contribution is 0.107. The summed E-state index contributed by atoms with van der Waals surface area (Å²) >= 11 is 7.69. The van der Waals surface area contributed by atoms with E-state index in [0.29, 0.717) is 13.0 Å². The molecule has 10 nitrogen and oxygen atoms in total. The van der Waals surface area contributed by atoms with Crippen LogP contribution in [0.4, 0.5) is 32.8 Å². The zero-order chi connectivity index (χ0) is 34.1. The Hall–Kier alpha value is -4.20. The van der Waals surface area contributed by atoms with Crippen molar-refractivity contribution < 1.29 is 36.6 Å². The monoisotopic (exact) mass is 707 g/mol. The predicted octanol–water partition coefficient (Wildman–Crippen LogP) is 6.53. The third-order valence-electron chi connectivity index (χ3n) is 9.38. The zero-order valence-corrected chi connectivity index (χ0v) is 26.8. The Kier molecular flexibility index (Phi) is 8.12. The minimum atomic E-state index is -2.92. The number of nitrogens with zero attached hydrogens (tertiary/aromatic N) is 6. The second-order valence-corrected chi connectivity index (χ2v) is 13.5. The highest BCUT2D eigenvalue weighted by atomic mass is 35.5. The van der Waals surface area contributed by atoms with Crippen LogP contribution in [0.1, 0.15) is 31.7 Å². The first-order valence-corrected chi connectivity index (χ1v) is 16.2. The first kappa shape index (κ1) is 32.4. The van der Waals surface area contributed by atoms with Gasteiger partial charge in [0.2, 0.25) is 0 Å². The minimum absolute atomic E-state index is 0.00245. The van der Waals surface area contributed by atoms with Crippen LogP contribution in [0.25, 0.3) is 32.1 Å². The number of alkyl halides is 3. The van der Waals surface area contributed by atoms with E-state index in [1.54, 1.807) is 0 Å². The third-order valence-corrected chi connectivity index (χ3v) is 10.8. The van der Waals surface area contributed by atoms with E-state index in [2.05, 4.69) is 15.1 Å². The molecule has 2 saturated heterocycles. The lowest BCUT2D eigenvalue weighted by atomic mass is 9.95. The van der Waals surface area contributed by atoms with Crippen LogP contribution in [-0.4, -0.2) is 82.8 Å². The molecular weight excluding hydrogens is 681 g/mol. The van der Waals surface area contributed by atoms with Crippen LogP contribution in [0, 0.1) is 23.0 Å². The van der Waals surface area contributed by atoms with Gasteiger partial charge in [-0.25, -0.2) is 22.0 Å². The van der Waals surface area contributed by atoms with Crippen molar-refractivity contribution in [2.75, 3.05) is 43.5 Å². The average Bonchev–Trinajstić information content (AvgIpc) is 3.66. The van der Waals surface area contributed by atoms with Crippen LogP contribution in [0.2, 0.25) is 5.02 Å². The van der Waals surface area contributed by atoms with Gasteiger partial charge in [0, 0.05) is 23.9 Å². The number of ether oxygens (including phenoxy) is 2. The van der Waals surface area contributed by atoms with Crippen LogP contribution in [0.5, 0.6) is 11.8 Å². The molecule has 3 aliphatic heterocycles. The quantitative estimate of drug-likeness (QED) is 0.0952. The summed E-state index contributed by atoms with van der Waals surface area (Å²) in [5.74, 6) is -2.13. The fourth-order valence-electron chi connectivity index (χ4n) is 7.21. The fraction of sp³-hybridized carbons (Fsp3) is 0.419. The third kappa shape index (κ3) is 5.01. The van der Waals surface area contributed by atoms with E-state index < -0.39 is 47.9 Å². The Balaban J connectivity index is 1.49. The van der Waals surface area contributed by atoms with Crippen LogP contribution in [0.15, 0.2) is 17.3 Å². The number of nitriles is 1. The van der Waals surface area contributed by atoms with Crippen molar-refractivity contribution >= 4 is 60.5 Å². The number of oxime groups is 1. The van der Waals surface area contributed by atoms with Gasteiger partial charge in [-0.1, -0.05) is 22.8 Å². The molecule has 0 radical (unpaired) electrons. The van der Waals surface area contributed by atoms with E-state index >= 15 is 4.39 Å². The van der Waals surface area contributed by atoms with Crippen molar-refractivity contribution in [2.45, 2.75) is 50.4 Å². The van der Waals surface area contributed by atoms with Gasteiger partial charge in [0.25, 0.3) is 6.43 Å². The molecule has 4 aromatic rings. The van der Waals surface area contributed by atoms with Crippen molar-refractivity contribution in [2.24, 2.45) is 5.16 Å². The highest BCUT2D eigenvalue weighted by molar-refractivity contribution is 7.23. The van der Waals surface area contributed by atoms with E-state index in [4.69, 9.17) is 26.8 Å². The largest absolute Gasteiger partial charge is 0.489 e. The number of rotatable bonds is 7. The number of halogens is 6. The standard InChI is InChI=1S/C31H27ClF5N7O3S/c1-13(42-45)18-11-46-26-22-25(24(37)21(23(26)32)15-3-4-17(34)27-20(15)16(8-38)28(39)48-27)40-30(41-29(22)44(18)10-19(35)36)47-12-31-5-2-6-43(31)9-14(33)7-31/h3-4,14,18-19,45H,2,5-7,9-12,39H2,1H3/t14-,18?,31+/m1/s1. The Morgan fingerprint density at radius 1 is 1.33 bits per heavy atom. The van der Waals surface area contributed by atoms with E-state index in [0.717, 1.165) is 28.7 Å². The second-order valence-electron chi connectivity index (χ2n) is 12.1. The van der Waals surface area contributed by atoms with Crippen LogP contribution in [0.3, 0.4) is 0 Å². The molecule has 0 saturated carbocycles. The van der Waals surface area contributed by atoms with E-state index in [9.17, 15) is 28.0 Å². The van der Waals surface area contributed by atoms with Crippen molar-refractivity contribution in [3.63, 3.8) is 0 Å². The second kappa shape index (κ2) is 12.0. The van der Waals surface area contributed by atoms with Gasteiger partial charge in [-0.3, -0.25) is 4.90 Å². The van der Waals surface area contributed by atoms with Gasteiger partial charge in [-0.2, -0.15) is 15.2 Å². The number of hydrogen-bond acceptors (Lipinski definition) is 11. The van der Waals surface area contributed by atoms with Gasteiger partial charge >= 0.3 is 6.01 Å². The van der Waals surface area contributed by atoms with Crippen LogP contribution < -0.4 is 20.1 Å². The molecule has 17 heteroatoms.